The van der Waals surface area contributed by atoms with Crippen molar-refractivity contribution in [3.63, 3.8) is 0 Å². The van der Waals surface area contributed by atoms with E-state index in [1.807, 2.05) is 6.92 Å². The molecule has 0 aliphatic heterocycles. The van der Waals surface area contributed by atoms with Gasteiger partial charge in [0.2, 0.25) is 0 Å². The van der Waals surface area contributed by atoms with Crippen molar-refractivity contribution in [1.82, 2.24) is 5.32 Å². The molecule has 2 nitrogen and oxygen atoms in total. The van der Waals surface area contributed by atoms with Gasteiger partial charge in [-0.25, -0.2) is 0 Å². The van der Waals surface area contributed by atoms with Crippen LogP contribution < -0.4 is 5.32 Å². The summed E-state index contributed by atoms with van der Waals surface area (Å²) in [6, 6.07) is 8.34. The highest BCUT2D eigenvalue weighted by Gasteiger charge is 1.93. The summed E-state index contributed by atoms with van der Waals surface area (Å²) in [4.78, 5) is 10.8. The fourth-order valence-corrected chi connectivity index (χ4v) is 1.30. The number of hydrogen-bond donors (Lipinski definition) is 1. The molecule has 1 aromatic carbocycles. The second kappa shape index (κ2) is 5.35. The van der Waals surface area contributed by atoms with Crippen molar-refractivity contribution < 1.29 is 4.79 Å². The Hall–Kier alpha value is -1.57. The fraction of sp³-hybridized carbons (Fsp3) is 0.308. The largest absolute Gasteiger partial charge is 0.384 e. The molecule has 1 aromatic rings. The molecule has 0 spiro atoms. The van der Waals surface area contributed by atoms with Crippen LogP contribution in [0.4, 0.5) is 0 Å². The van der Waals surface area contributed by atoms with Crippen LogP contribution in [-0.4, -0.2) is 5.78 Å². The van der Waals surface area contributed by atoms with Crippen LogP contribution in [0.1, 0.15) is 25.0 Å². The van der Waals surface area contributed by atoms with Crippen molar-refractivity contribution in [2.75, 3.05) is 0 Å². The number of ketones is 1. The molecular weight excluding hydrogens is 186 g/mol. The highest BCUT2D eigenvalue weighted by Crippen LogP contribution is 2.03. The first kappa shape index (κ1) is 11.5. The van der Waals surface area contributed by atoms with E-state index >= 15 is 0 Å². The van der Waals surface area contributed by atoms with Crippen LogP contribution >= 0.6 is 0 Å². The topological polar surface area (TPSA) is 29.1 Å². The molecule has 0 aliphatic rings. The molecule has 0 amide bonds. The van der Waals surface area contributed by atoms with Gasteiger partial charge >= 0.3 is 0 Å². The Morgan fingerprint density at radius 2 is 1.87 bits per heavy atom. The summed E-state index contributed by atoms with van der Waals surface area (Å²) < 4.78 is 0. The Kier molecular flexibility index (Phi) is 4.10. The summed E-state index contributed by atoms with van der Waals surface area (Å²) in [6.07, 6.45) is 1.61. The van der Waals surface area contributed by atoms with Gasteiger partial charge in [-0.1, -0.05) is 29.8 Å². The van der Waals surface area contributed by atoms with Gasteiger partial charge in [-0.05, 0) is 32.4 Å². The van der Waals surface area contributed by atoms with Crippen LogP contribution in [0.25, 0.3) is 0 Å². The maximum Gasteiger partial charge on any atom is 0.154 e. The minimum atomic E-state index is 0.0731. The van der Waals surface area contributed by atoms with E-state index < -0.39 is 0 Å². The van der Waals surface area contributed by atoms with E-state index in [9.17, 15) is 4.79 Å². The molecule has 15 heavy (non-hydrogen) atoms. The quantitative estimate of drug-likeness (QED) is 0.762. The van der Waals surface area contributed by atoms with E-state index in [0.29, 0.717) is 0 Å². The first-order valence-electron chi connectivity index (χ1n) is 5.06. The van der Waals surface area contributed by atoms with E-state index in [1.54, 1.807) is 13.0 Å². The van der Waals surface area contributed by atoms with E-state index in [1.165, 1.54) is 11.1 Å². The average molecular weight is 203 g/mol. The van der Waals surface area contributed by atoms with Crippen LogP contribution in [-0.2, 0) is 11.3 Å². The summed E-state index contributed by atoms with van der Waals surface area (Å²) in [5, 5.41) is 3.19. The van der Waals surface area contributed by atoms with Crippen LogP contribution in [0.2, 0.25) is 0 Å². The number of carbonyl (C=O) groups excluding carboxylic acids is 1. The van der Waals surface area contributed by atoms with E-state index in [4.69, 9.17) is 0 Å². The summed E-state index contributed by atoms with van der Waals surface area (Å²) in [6.45, 7) is 6.28. The molecular formula is C13H17NO. The van der Waals surface area contributed by atoms with Crippen LogP contribution in [0, 0.1) is 6.92 Å². The Morgan fingerprint density at radius 1 is 1.27 bits per heavy atom. The maximum atomic E-state index is 10.8. The summed E-state index contributed by atoms with van der Waals surface area (Å²) >= 11 is 0. The van der Waals surface area contributed by atoms with E-state index in [2.05, 4.69) is 36.5 Å². The zero-order valence-electron chi connectivity index (χ0n) is 9.50. The van der Waals surface area contributed by atoms with Crippen LogP contribution in [0.3, 0.4) is 0 Å². The minimum absolute atomic E-state index is 0.0731. The Balaban J connectivity index is 2.50. The molecule has 0 aliphatic carbocycles. The average Bonchev–Trinajstić information content (AvgIpc) is 2.16. The van der Waals surface area contributed by atoms with Crippen molar-refractivity contribution in [1.29, 1.82) is 0 Å². The third-order valence-electron chi connectivity index (χ3n) is 2.11. The zero-order valence-corrected chi connectivity index (χ0v) is 9.50. The molecule has 0 aromatic heterocycles. The molecule has 2 heteroatoms. The number of hydrogen-bond acceptors (Lipinski definition) is 2. The van der Waals surface area contributed by atoms with Gasteiger partial charge in [-0.2, -0.15) is 0 Å². The van der Waals surface area contributed by atoms with Gasteiger partial charge in [0.05, 0.1) is 0 Å². The standard InChI is InChI=1S/C13H17NO/c1-10-4-6-13(7-5-10)9-14-11(2)8-12(3)15/h4-8,14H,9H2,1-3H3/b11-8-. The number of allylic oxidation sites excluding steroid dienone is 2. The molecule has 0 fully saturated rings. The molecule has 0 atom stereocenters. The number of carbonyl (C=O) groups is 1. The first-order chi connectivity index (χ1) is 7.08. The Bertz CT molecular complexity index is 363. The van der Waals surface area contributed by atoms with Gasteiger partial charge in [-0.3, -0.25) is 4.79 Å². The molecule has 1 N–H and O–H groups in total. The minimum Gasteiger partial charge on any atom is -0.384 e. The second-order valence-electron chi connectivity index (χ2n) is 3.78. The number of rotatable bonds is 4. The molecule has 0 saturated heterocycles. The lowest BCUT2D eigenvalue weighted by Crippen LogP contribution is -2.11. The van der Waals surface area contributed by atoms with Crippen molar-refractivity contribution in [2.45, 2.75) is 27.3 Å². The van der Waals surface area contributed by atoms with E-state index in [0.717, 1.165) is 12.2 Å². The Labute approximate surface area is 91.0 Å². The summed E-state index contributed by atoms with van der Waals surface area (Å²) in [5.41, 5.74) is 3.38. The zero-order chi connectivity index (χ0) is 11.3. The number of nitrogens with one attached hydrogen (secondary N) is 1. The second-order valence-corrected chi connectivity index (χ2v) is 3.78. The Morgan fingerprint density at radius 3 is 2.40 bits per heavy atom. The predicted molar refractivity (Wildman–Crippen MR) is 62.5 cm³/mol. The van der Waals surface area contributed by atoms with Gasteiger partial charge in [-0.15, -0.1) is 0 Å². The van der Waals surface area contributed by atoms with Gasteiger partial charge in [0.15, 0.2) is 5.78 Å². The summed E-state index contributed by atoms with van der Waals surface area (Å²) in [7, 11) is 0. The lowest BCUT2D eigenvalue weighted by molar-refractivity contribution is -0.112. The van der Waals surface area contributed by atoms with Gasteiger partial charge in [0.1, 0.15) is 0 Å². The van der Waals surface area contributed by atoms with Crippen molar-refractivity contribution >= 4 is 5.78 Å². The van der Waals surface area contributed by atoms with Gasteiger partial charge in [0.25, 0.3) is 0 Å². The highest BCUT2D eigenvalue weighted by atomic mass is 16.1. The molecule has 0 radical (unpaired) electrons. The molecule has 80 valence electrons. The predicted octanol–water partition coefficient (Wildman–Crippen LogP) is 2.58. The normalized spacial score (nSPS) is 11.3. The van der Waals surface area contributed by atoms with E-state index in [-0.39, 0.29) is 5.78 Å². The van der Waals surface area contributed by atoms with Crippen molar-refractivity contribution in [3.05, 3.63) is 47.2 Å². The third-order valence-corrected chi connectivity index (χ3v) is 2.11. The van der Waals surface area contributed by atoms with Crippen molar-refractivity contribution in [2.24, 2.45) is 0 Å². The molecule has 0 bridgehead atoms. The molecule has 0 heterocycles. The number of benzene rings is 1. The fourth-order valence-electron chi connectivity index (χ4n) is 1.30. The van der Waals surface area contributed by atoms with Crippen LogP contribution in [0.15, 0.2) is 36.0 Å². The molecule has 0 unspecified atom stereocenters. The number of aryl methyl sites for hydroxylation is 1. The van der Waals surface area contributed by atoms with Crippen LogP contribution in [0.5, 0.6) is 0 Å². The monoisotopic (exact) mass is 203 g/mol. The lowest BCUT2D eigenvalue weighted by atomic mass is 10.1. The van der Waals surface area contributed by atoms with Crippen molar-refractivity contribution in [3.8, 4) is 0 Å². The van der Waals surface area contributed by atoms with Gasteiger partial charge < -0.3 is 5.32 Å². The first-order valence-corrected chi connectivity index (χ1v) is 5.06. The summed E-state index contributed by atoms with van der Waals surface area (Å²) in [5.74, 6) is 0.0731. The molecule has 0 saturated carbocycles. The van der Waals surface area contributed by atoms with Gasteiger partial charge in [0, 0.05) is 12.2 Å². The highest BCUT2D eigenvalue weighted by molar-refractivity contribution is 5.87. The maximum absolute atomic E-state index is 10.8. The lowest BCUT2D eigenvalue weighted by Gasteiger charge is -2.06. The smallest absolute Gasteiger partial charge is 0.154 e. The third kappa shape index (κ3) is 4.45. The molecule has 1 rings (SSSR count). The SMILES string of the molecule is CC(=O)/C=C(/C)NCc1ccc(C)cc1.